The van der Waals surface area contributed by atoms with Gasteiger partial charge in [-0.2, -0.15) is 0 Å². The number of rotatable bonds is 7. The van der Waals surface area contributed by atoms with E-state index in [1.807, 2.05) is 43.3 Å². The van der Waals surface area contributed by atoms with Crippen LogP contribution in [0, 0.1) is 0 Å². The Hall–Kier alpha value is -2.04. The van der Waals surface area contributed by atoms with Crippen molar-refractivity contribution in [1.29, 1.82) is 0 Å². The maximum Gasteiger partial charge on any atom is 0.118 e. The van der Waals surface area contributed by atoms with Crippen LogP contribution in [-0.4, -0.2) is 32.5 Å². The van der Waals surface area contributed by atoms with E-state index >= 15 is 0 Å². The van der Waals surface area contributed by atoms with Crippen LogP contribution < -0.4 is 4.74 Å². The summed E-state index contributed by atoms with van der Waals surface area (Å²) in [5, 5.41) is 0. The van der Waals surface area contributed by atoms with Crippen LogP contribution >= 0.6 is 0 Å². The van der Waals surface area contributed by atoms with Crippen LogP contribution in [0.5, 0.6) is 5.75 Å². The van der Waals surface area contributed by atoms with Gasteiger partial charge in [-0.05, 0) is 43.5 Å². The van der Waals surface area contributed by atoms with Crippen LogP contribution in [-0.2, 0) is 20.8 Å². The van der Waals surface area contributed by atoms with Gasteiger partial charge in [-0.15, -0.1) is 0 Å². The zero-order valence-electron chi connectivity index (χ0n) is 15.3. The van der Waals surface area contributed by atoms with E-state index in [9.17, 15) is 0 Å². The molecule has 1 aromatic rings. The molecule has 4 heteroatoms. The molecule has 0 aliphatic carbocycles. The molecule has 3 atom stereocenters. The van der Waals surface area contributed by atoms with Gasteiger partial charge >= 0.3 is 0 Å². The first-order chi connectivity index (χ1) is 12.3. The third-order valence-electron chi connectivity index (χ3n) is 4.04. The van der Waals surface area contributed by atoms with Gasteiger partial charge in [-0.1, -0.05) is 36.4 Å². The lowest BCUT2D eigenvalue weighted by molar-refractivity contribution is -0.0755. The van der Waals surface area contributed by atoms with Crippen LogP contribution in [0.2, 0.25) is 0 Å². The summed E-state index contributed by atoms with van der Waals surface area (Å²) < 4.78 is 22.7. The molecule has 1 aliphatic heterocycles. The summed E-state index contributed by atoms with van der Waals surface area (Å²) in [7, 11) is 3.30. The molecule has 4 nitrogen and oxygen atoms in total. The third kappa shape index (κ3) is 6.40. The van der Waals surface area contributed by atoms with Gasteiger partial charge in [0.2, 0.25) is 0 Å². The van der Waals surface area contributed by atoms with Gasteiger partial charge in [-0.3, -0.25) is 0 Å². The Labute approximate surface area is 150 Å². The summed E-state index contributed by atoms with van der Waals surface area (Å²) in [6.07, 6.45) is 13.5. The summed E-state index contributed by atoms with van der Waals surface area (Å²) in [6, 6.07) is 7.91. The Kier molecular flexibility index (Phi) is 8.29. The summed E-state index contributed by atoms with van der Waals surface area (Å²) in [4.78, 5) is 0. The SMILES string of the molecule is C/C=C/[C@H]1C/C=C\C[C@H](OCc2ccc(OC)cc2)[C@@H](/C=C/OC)O1. The topological polar surface area (TPSA) is 36.9 Å². The van der Waals surface area contributed by atoms with Crippen LogP contribution in [0.4, 0.5) is 0 Å². The molecule has 0 radical (unpaired) electrons. The number of hydrogen-bond donors (Lipinski definition) is 0. The lowest BCUT2D eigenvalue weighted by Gasteiger charge is -2.29. The largest absolute Gasteiger partial charge is 0.505 e. The molecule has 136 valence electrons. The summed E-state index contributed by atoms with van der Waals surface area (Å²) >= 11 is 0. The Morgan fingerprint density at radius 3 is 2.52 bits per heavy atom. The molecule has 0 unspecified atom stereocenters. The second-order valence-electron chi connectivity index (χ2n) is 5.87. The van der Waals surface area contributed by atoms with Crippen molar-refractivity contribution in [2.45, 2.75) is 44.7 Å². The molecule has 0 spiro atoms. The van der Waals surface area contributed by atoms with E-state index < -0.39 is 0 Å². The second-order valence-corrected chi connectivity index (χ2v) is 5.87. The zero-order valence-corrected chi connectivity index (χ0v) is 15.3. The molecule has 0 N–H and O–H groups in total. The highest BCUT2D eigenvalue weighted by atomic mass is 16.5. The molecule has 1 heterocycles. The van der Waals surface area contributed by atoms with E-state index in [1.54, 1.807) is 20.5 Å². The maximum atomic E-state index is 6.22. The molecule has 0 fully saturated rings. The molecule has 0 saturated carbocycles. The molecule has 2 rings (SSSR count). The van der Waals surface area contributed by atoms with Crippen molar-refractivity contribution < 1.29 is 18.9 Å². The van der Waals surface area contributed by atoms with E-state index in [-0.39, 0.29) is 18.3 Å². The molecular formula is C21H28O4. The van der Waals surface area contributed by atoms with Crippen molar-refractivity contribution in [2.24, 2.45) is 0 Å². The van der Waals surface area contributed by atoms with Gasteiger partial charge in [-0.25, -0.2) is 0 Å². The standard InChI is InChI=1S/C21H28O4/c1-4-7-19-8-5-6-9-20(21(25-19)14-15-22-2)24-16-17-10-12-18(23-3)13-11-17/h4-7,10-15,19-21H,8-9,16H2,1-3H3/b6-5-,7-4+,15-14+/t19-,20-,21+/m0/s1. The van der Waals surface area contributed by atoms with Gasteiger partial charge < -0.3 is 18.9 Å². The highest BCUT2D eigenvalue weighted by molar-refractivity contribution is 5.26. The Balaban J connectivity index is 2.05. The molecule has 1 aliphatic rings. The Bertz CT molecular complexity index is 574. The maximum absolute atomic E-state index is 6.22. The third-order valence-corrected chi connectivity index (χ3v) is 4.04. The number of hydrogen-bond acceptors (Lipinski definition) is 4. The van der Waals surface area contributed by atoms with Crippen molar-refractivity contribution in [3.8, 4) is 5.75 Å². The minimum atomic E-state index is -0.163. The fourth-order valence-corrected chi connectivity index (χ4v) is 2.69. The fourth-order valence-electron chi connectivity index (χ4n) is 2.69. The Morgan fingerprint density at radius 2 is 1.84 bits per heavy atom. The lowest BCUT2D eigenvalue weighted by Crippen LogP contribution is -2.34. The summed E-state index contributed by atoms with van der Waals surface area (Å²) in [5.74, 6) is 0.844. The average Bonchev–Trinajstić information content (AvgIpc) is 2.63. The quantitative estimate of drug-likeness (QED) is 0.542. The molecule has 0 bridgehead atoms. The molecule has 25 heavy (non-hydrogen) atoms. The lowest BCUT2D eigenvalue weighted by atomic mass is 10.1. The van der Waals surface area contributed by atoms with Gasteiger partial charge in [0, 0.05) is 0 Å². The van der Waals surface area contributed by atoms with Crippen LogP contribution in [0.15, 0.2) is 60.9 Å². The van der Waals surface area contributed by atoms with Crippen molar-refractivity contribution in [3.05, 3.63) is 66.5 Å². The van der Waals surface area contributed by atoms with Gasteiger partial charge in [0.1, 0.15) is 11.9 Å². The van der Waals surface area contributed by atoms with Crippen molar-refractivity contribution in [3.63, 3.8) is 0 Å². The Morgan fingerprint density at radius 1 is 1.08 bits per heavy atom. The van der Waals surface area contributed by atoms with E-state index in [0.717, 1.165) is 24.2 Å². The molecule has 0 amide bonds. The van der Waals surface area contributed by atoms with Crippen LogP contribution in [0.3, 0.4) is 0 Å². The highest BCUT2D eigenvalue weighted by Gasteiger charge is 2.24. The van der Waals surface area contributed by atoms with Crippen LogP contribution in [0.1, 0.15) is 25.3 Å². The number of allylic oxidation sites excluding steroid dienone is 1. The molecule has 1 aromatic carbocycles. The zero-order chi connectivity index (χ0) is 17.9. The summed E-state index contributed by atoms with van der Waals surface area (Å²) in [5.41, 5.74) is 1.10. The normalized spacial score (nSPS) is 25.6. The first kappa shape index (κ1) is 19.3. The molecule has 0 aromatic heterocycles. The average molecular weight is 344 g/mol. The van der Waals surface area contributed by atoms with Gasteiger partial charge in [0.05, 0.1) is 39.3 Å². The van der Waals surface area contributed by atoms with Crippen molar-refractivity contribution in [2.75, 3.05) is 14.2 Å². The van der Waals surface area contributed by atoms with E-state index in [0.29, 0.717) is 6.61 Å². The smallest absolute Gasteiger partial charge is 0.118 e. The first-order valence-corrected chi connectivity index (χ1v) is 8.64. The van der Waals surface area contributed by atoms with E-state index in [4.69, 9.17) is 18.9 Å². The first-order valence-electron chi connectivity index (χ1n) is 8.64. The minimum Gasteiger partial charge on any atom is -0.505 e. The number of benzene rings is 1. The van der Waals surface area contributed by atoms with Crippen molar-refractivity contribution >= 4 is 0 Å². The molecule has 0 saturated heterocycles. The fraction of sp³-hybridized carbons (Fsp3) is 0.429. The van der Waals surface area contributed by atoms with E-state index in [2.05, 4.69) is 18.2 Å². The second kappa shape index (κ2) is 10.7. The number of methoxy groups -OCH3 is 2. The van der Waals surface area contributed by atoms with E-state index in [1.165, 1.54) is 0 Å². The summed E-state index contributed by atoms with van der Waals surface area (Å²) in [6.45, 7) is 2.53. The predicted octanol–water partition coefficient (Wildman–Crippen LogP) is 4.42. The van der Waals surface area contributed by atoms with Gasteiger partial charge in [0.25, 0.3) is 0 Å². The van der Waals surface area contributed by atoms with Crippen molar-refractivity contribution in [1.82, 2.24) is 0 Å². The van der Waals surface area contributed by atoms with Crippen LogP contribution in [0.25, 0.3) is 0 Å². The monoisotopic (exact) mass is 344 g/mol. The minimum absolute atomic E-state index is 0.0418. The predicted molar refractivity (Wildman–Crippen MR) is 99.6 cm³/mol. The van der Waals surface area contributed by atoms with Gasteiger partial charge in [0.15, 0.2) is 0 Å². The number of ether oxygens (including phenoxy) is 4. The molecular weight excluding hydrogens is 316 g/mol. The highest BCUT2D eigenvalue weighted by Crippen LogP contribution is 2.21.